The Morgan fingerprint density at radius 2 is 2.33 bits per heavy atom. The summed E-state index contributed by atoms with van der Waals surface area (Å²) in [7, 11) is 4.37. The minimum Gasteiger partial charge on any atom is -0.388 e. The van der Waals surface area contributed by atoms with Crippen molar-refractivity contribution in [3.63, 3.8) is 0 Å². The molecule has 0 aromatic rings. The van der Waals surface area contributed by atoms with Gasteiger partial charge >= 0.3 is 0 Å². The fourth-order valence-corrected chi connectivity index (χ4v) is 2.20. The van der Waals surface area contributed by atoms with Gasteiger partial charge in [-0.1, -0.05) is 0 Å². The van der Waals surface area contributed by atoms with Crippen LogP contribution in [0.15, 0.2) is 0 Å². The van der Waals surface area contributed by atoms with Crippen LogP contribution in [0.5, 0.6) is 0 Å². The molecule has 1 heterocycles. The summed E-state index contributed by atoms with van der Waals surface area (Å²) >= 11 is 0. The van der Waals surface area contributed by atoms with Crippen molar-refractivity contribution in [3.8, 4) is 0 Å². The molecule has 88 valence electrons. The highest BCUT2D eigenvalue weighted by Crippen LogP contribution is 2.13. The van der Waals surface area contributed by atoms with Gasteiger partial charge in [0.05, 0.1) is 5.84 Å². The average molecular weight is 212 g/mol. The lowest BCUT2D eigenvalue weighted by molar-refractivity contribution is 0.134. The van der Waals surface area contributed by atoms with E-state index in [-0.39, 0.29) is 0 Å². The highest BCUT2D eigenvalue weighted by atomic mass is 15.2. The van der Waals surface area contributed by atoms with E-state index in [1.54, 1.807) is 0 Å². The Balaban J connectivity index is 2.20. The van der Waals surface area contributed by atoms with Gasteiger partial charge in [-0.2, -0.15) is 0 Å². The molecule has 4 nitrogen and oxygen atoms in total. The van der Waals surface area contributed by atoms with E-state index in [9.17, 15) is 0 Å². The van der Waals surface area contributed by atoms with Crippen LogP contribution < -0.4 is 5.73 Å². The highest BCUT2D eigenvalue weighted by molar-refractivity contribution is 5.76. The Kier molecular flexibility index (Phi) is 5.05. The lowest BCUT2D eigenvalue weighted by Crippen LogP contribution is -2.45. The van der Waals surface area contributed by atoms with Gasteiger partial charge in [0.2, 0.25) is 0 Å². The molecule has 0 aliphatic carbocycles. The van der Waals surface area contributed by atoms with Crippen molar-refractivity contribution in [2.75, 3.05) is 33.7 Å². The Morgan fingerprint density at radius 3 is 2.93 bits per heavy atom. The zero-order chi connectivity index (χ0) is 11.3. The van der Waals surface area contributed by atoms with Gasteiger partial charge < -0.3 is 15.5 Å². The minimum absolute atomic E-state index is 0.309. The van der Waals surface area contributed by atoms with Crippen LogP contribution >= 0.6 is 0 Å². The smallest absolute Gasteiger partial charge is 0.0905 e. The summed E-state index contributed by atoms with van der Waals surface area (Å²) < 4.78 is 0. The van der Waals surface area contributed by atoms with E-state index in [4.69, 9.17) is 11.1 Å². The molecule has 1 aliphatic heterocycles. The molecule has 1 unspecified atom stereocenters. The summed E-state index contributed by atoms with van der Waals surface area (Å²) in [6, 6.07) is 0.690. The number of amidine groups is 1. The van der Waals surface area contributed by atoms with Crippen molar-refractivity contribution < 1.29 is 0 Å². The highest BCUT2D eigenvalue weighted by Gasteiger charge is 2.20. The van der Waals surface area contributed by atoms with E-state index in [1.165, 1.54) is 25.9 Å². The van der Waals surface area contributed by atoms with E-state index in [0.717, 1.165) is 19.4 Å². The molecule has 1 rings (SSSR count). The van der Waals surface area contributed by atoms with Crippen LogP contribution in [0.3, 0.4) is 0 Å². The van der Waals surface area contributed by atoms with Crippen LogP contribution in [0.2, 0.25) is 0 Å². The Morgan fingerprint density at radius 1 is 1.60 bits per heavy atom. The lowest BCUT2D eigenvalue weighted by atomic mass is 10.0. The number of nitrogens with zero attached hydrogens (tertiary/aromatic N) is 2. The molecule has 1 aliphatic rings. The van der Waals surface area contributed by atoms with Gasteiger partial charge in [0.25, 0.3) is 0 Å². The molecule has 4 heteroatoms. The van der Waals surface area contributed by atoms with Crippen molar-refractivity contribution in [2.24, 2.45) is 5.73 Å². The first-order valence-electron chi connectivity index (χ1n) is 5.81. The molecule has 15 heavy (non-hydrogen) atoms. The van der Waals surface area contributed by atoms with Crippen molar-refractivity contribution in [2.45, 2.75) is 31.7 Å². The first kappa shape index (κ1) is 12.5. The molecule has 1 saturated heterocycles. The number of likely N-dealkylation sites (N-methyl/N-ethyl adjacent to an activating group) is 2. The predicted octanol–water partition coefficient (Wildman–Crippen LogP) is 0.729. The van der Waals surface area contributed by atoms with Crippen LogP contribution in [0.1, 0.15) is 25.7 Å². The van der Waals surface area contributed by atoms with E-state index in [2.05, 4.69) is 23.9 Å². The number of rotatable bonds is 5. The van der Waals surface area contributed by atoms with Crippen molar-refractivity contribution in [1.82, 2.24) is 9.80 Å². The number of piperidine rings is 1. The summed E-state index contributed by atoms with van der Waals surface area (Å²) in [5.74, 6) is 0.309. The number of nitrogens with one attached hydrogen (secondary N) is 1. The van der Waals surface area contributed by atoms with Crippen LogP contribution in [0.4, 0.5) is 0 Å². The largest absolute Gasteiger partial charge is 0.388 e. The summed E-state index contributed by atoms with van der Waals surface area (Å²) in [6.45, 7) is 3.46. The number of hydrogen-bond donors (Lipinski definition) is 2. The summed E-state index contributed by atoms with van der Waals surface area (Å²) in [5, 5.41) is 7.17. The van der Waals surface area contributed by atoms with Gasteiger partial charge in [0, 0.05) is 19.0 Å². The molecular formula is C11H24N4. The fourth-order valence-electron chi connectivity index (χ4n) is 2.20. The second-order valence-electron chi connectivity index (χ2n) is 4.67. The van der Waals surface area contributed by atoms with Gasteiger partial charge in [0.15, 0.2) is 0 Å². The first-order chi connectivity index (χ1) is 7.09. The number of likely N-dealkylation sites (tertiary alicyclic amines) is 1. The van der Waals surface area contributed by atoms with Gasteiger partial charge in [-0.3, -0.25) is 5.41 Å². The molecule has 0 saturated carbocycles. The molecule has 1 atom stereocenters. The molecule has 0 radical (unpaired) electrons. The van der Waals surface area contributed by atoms with Crippen LogP contribution in [0.25, 0.3) is 0 Å². The van der Waals surface area contributed by atoms with Crippen molar-refractivity contribution in [3.05, 3.63) is 0 Å². The van der Waals surface area contributed by atoms with E-state index in [0.29, 0.717) is 11.9 Å². The van der Waals surface area contributed by atoms with Gasteiger partial charge in [-0.15, -0.1) is 0 Å². The minimum atomic E-state index is 0.309. The SMILES string of the molecule is CN1CCCC(N(C)CCCC(=N)N)C1. The third-order valence-electron chi connectivity index (χ3n) is 3.18. The fraction of sp³-hybridized carbons (Fsp3) is 0.909. The third-order valence-corrected chi connectivity index (χ3v) is 3.18. The molecule has 0 spiro atoms. The lowest BCUT2D eigenvalue weighted by Gasteiger charge is -2.35. The second-order valence-corrected chi connectivity index (χ2v) is 4.67. The summed E-state index contributed by atoms with van der Waals surface area (Å²) in [6.07, 6.45) is 4.35. The maximum absolute atomic E-state index is 7.17. The normalized spacial score (nSPS) is 23.3. The molecule has 0 bridgehead atoms. The van der Waals surface area contributed by atoms with E-state index < -0.39 is 0 Å². The average Bonchev–Trinajstić information content (AvgIpc) is 2.17. The second kappa shape index (κ2) is 6.08. The molecule has 0 aromatic heterocycles. The molecule has 1 fully saturated rings. The van der Waals surface area contributed by atoms with Gasteiger partial charge in [-0.05, 0) is 46.4 Å². The van der Waals surface area contributed by atoms with E-state index >= 15 is 0 Å². The predicted molar refractivity (Wildman–Crippen MR) is 64.3 cm³/mol. The molecule has 0 aromatic carbocycles. The standard InChI is InChI=1S/C11H24N4/c1-14-7-3-5-10(9-14)15(2)8-4-6-11(12)13/h10H,3-9H2,1-2H3,(H3,12,13). The number of hydrogen-bond acceptors (Lipinski definition) is 3. The number of nitrogens with two attached hydrogens (primary N) is 1. The first-order valence-corrected chi connectivity index (χ1v) is 5.81. The van der Waals surface area contributed by atoms with E-state index in [1.807, 2.05) is 0 Å². The maximum Gasteiger partial charge on any atom is 0.0905 e. The molecule has 0 amide bonds. The van der Waals surface area contributed by atoms with Crippen molar-refractivity contribution >= 4 is 5.84 Å². The molecule has 3 N–H and O–H groups in total. The van der Waals surface area contributed by atoms with Crippen molar-refractivity contribution in [1.29, 1.82) is 5.41 Å². The summed E-state index contributed by atoms with van der Waals surface area (Å²) in [4.78, 5) is 4.81. The van der Waals surface area contributed by atoms with Gasteiger partial charge in [-0.25, -0.2) is 0 Å². The summed E-state index contributed by atoms with van der Waals surface area (Å²) in [5.41, 5.74) is 5.34. The van der Waals surface area contributed by atoms with Gasteiger partial charge in [0.1, 0.15) is 0 Å². The Hall–Kier alpha value is -0.610. The monoisotopic (exact) mass is 212 g/mol. The maximum atomic E-state index is 7.17. The van der Waals surface area contributed by atoms with Crippen LogP contribution in [-0.4, -0.2) is 55.4 Å². The molecular weight excluding hydrogens is 188 g/mol. The van der Waals surface area contributed by atoms with Crippen LogP contribution in [-0.2, 0) is 0 Å². The zero-order valence-corrected chi connectivity index (χ0v) is 10.00. The van der Waals surface area contributed by atoms with Crippen LogP contribution in [0, 0.1) is 5.41 Å². The topological polar surface area (TPSA) is 56.4 Å². The quantitative estimate of drug-likeness (QED) is 0.522. The third kappa shape index (κ3) is 4.62. The Bertz CT molecular complexity index is 205. The Labute approximate surface area is 92.9 Å². The zero-order valence-electron chi connectivity index (χ0n) is 10.00.